The van der Waals surface area contributed by atoms with E-state index < -0.39 is 64.0 Å². The van der Waals surface area contributed by atoms with Crippen molar-refractivity contribution in [3.05, 3.63) is 240 Å². The second-order valence-electron chi connectivity index (χ2n) is 23.0. The average molecular weight is 1410 g/mol. The van der Waals surface area contributed by atoms with Crippen molar-refractivity contribution in [2.45, 2.75) is 42.9 Å². The number of hydrogen-bond donors (Lipinski definition) is 6. The number of para-hydroxylation sites is 1. The van der Waals surface area contributed by atoms with Crippen LogP contribution in [0.15, 0.2) is 205 Å². The van der Waals surface area contributed by atoms with Gasteiger partial charge in [-0.15, -0.1) is 0 Å². The van der Waals surface area contributed by atoms with E-state index in [9.17, 15) is 61.5 Å². The van der Waals surface area contributed by atoms with Crippen molar-refractivity contribution in [3.8, 4) is 50.6 Å². The number of alkyl halides is 9. The van der Waals surface area contributed by atoms with Crippen LogP contribution in [0, 0.1) is 0 Å². The summed E-state index contributed by atoms with van der Waals surface area (Å²) in [5, 5.41) is 15.9. The predicted octanol–water partition coefficient (Wildman–Crippen LogP) is 17.3. The van der Waals surface area contributed by atoms with Crippen LogP contribution in [-0.2, 0) is 25.6 Å². The molecule has 100 heavy (non-hydrogen) atoms. The number of ether oxygens (including phenoxy) is 3. The minimum Gasteiger partial charge on any atom is -0.484 e. The van der Waals surface area contributed by atoms with Gasteiger partial charge in [-0.05, 0) is 162 Å². The van der Waals surface area contributed by atoms with Gasteiger partial charge >= 0.3 is 18.5 Å². The lowest BCUT2D eigenvalue weighted by molar-refractivity contribution is -0.154. The van der Waals surface area contributed by atoms with E-state index in [4.69, 9.17) is 19.3 Å². The molecular weight excluding hydrogens is 1350 g/mol. The molecule has 9 aromatic carbocycles. The highest BCUT2D eigenvalue weighted by Gasteiger charge is 2.30. The average Bonchev–Trinajstić information content (AvgIpc) is 1.45. The molecule has 27 heteroatoms. The maximum absolute atomic E-state index is 12.3. The van der Waals surface area contributed by atoms with Gasteiger partial charge in [-0.1, -0.05) is 133 Å². The molecule has 0 aliphatic heterocycles. The third-order valence-electron chi connectivity index (χ3n) is 14.6. The summed E-state index contributed by atoms with van der Waals surface area (Å²) in [7, 11) is -7.31. The summed E-state index contributed by atoms with van der Waals surface area (Å²) < 4.78 is 174. The molecule has 0 atom stereocenters. The second kappa shape index (κ2) is 30.0. The predicted molar refractivity (Wildman–Crippen MR) is 370 cm³/mol. The van der Waals surface area contributed by atoms with Crippen molar-refractivity contribution in [2.75, 3.05) is 30.8 Å². The molecule has 12 rings (SSSR count). The van der Waals surface area contributed by atoms with Gasteiger partial charge in [0.2, 0.25) is 20.0 Å². The van der Waals surface area contributed by atoms with Crippen molar-refractivity contribution in [1.82, 2.24) is 29.9 Å². The molecule has 0 saturated carbocycles. The lowest BCUT2D eigenvalue weighted by Gasteiger charge is -2.21. The molecule has 3 heterocycles. The Morgan fingerprint density at radius 1 is 0.440 bits per heavy atom. The Balaban J connectivity index is 0.000000162. The summed E-state index contributed by atoms with van der Waals surface area (Å²) in [6, 6.07) is 56.9. The Morgan fingerprint density at radius 3 is 1.13 bits per heavy atom. The van der Waals surface area contributed by atoms with Gasteiger partial charge in [-0.2, -0.15) is 39.5 Å². The summed E-state index contributed by atoms with van der Waals surface area (Å²) in [6.45, 7) is -0.469. The zero-order valence-corrected chi connectivity index (χ0v) is 54.7. The minimum atomic E-state index is -4.39. The summed E-state index contributed by atoms with van der Waals surface area (Å²) in [6.07, 6.45) is -1.41. The first kappa shape index (κ1) is 71.8. The highest BCUT2D eigenvalue weighted by Crippen LogP contribution is 2.35. The van der Waals surface area contributed by atoms with Crippen molar-refractivity contribution in [3.63, 3.8) is 0 Å². The van der Waals surface area contributed by atoms with E-state index in [-0.39, 0.29) is 22.1 Å². The number of rotatable bonds is 19. The van der Waals surface area contributed by atoms with Gasteiger partial charge in [-0.3, -0.25) is 4.72 Å². The number of nitrogens with zero attached hydrogens (tertiary/aromatic N) is 3. The van der Waals surface area contributed by atoms with Gasteiger partial charge in [0.25, 0.3) is 0 Å². The van der Waals surface area contributed by atoms with E-state index in [1.54, 1.807) is 129 Å². The lowest BCUT2D eigenvalue weighted by atomic mass is 9.89. The van der Waals surface area contributed by atoms with Gasteiger partial charge in [0.1, 0.15) is 34.7 Å². The van der Waals surface area contributed by atoms with Gasteiger partial charge in [-0.25, -0.2) is 36.9 Å². The molecule has 0 amide bonds. The minimum absolute atomic E-state index is 0.0339. The number of primary sulfonamides is 1. The summed E-state index contributed by atoms with van der Waals surface area (Å²) >= 11 is 0. The topological polar surface area (TPSA) is 240 Å². The number of aliphatic hydroxyl groups is 1. The van der Waals surface area contributed by atoms with Crippen LogP contribution in [-0.4, -0.2) is 96.5 Å². The number of sulfonamides is 2. The first-order valence-corrected chi connectivity index (χ1v) is 33.6. The first-order chi connectivity index (χ1) is 47.2. The summed E-state index contributed by atoms with van der Waals surface area (Å²) in [5.41, 5.74) is 11.8. The normalized spacial score (nSPS) is 12.5. The molecule has 0 saturated heterocycles. The van der Waals surface area contributed by atoms with Crippen molar-refractivity contribution >= 4 is 95.3 Å². The van der Waals surface area contributed by atoms with Crippen molar-refractivity contribution in [2.24, 2.45) is 5.14 Å². The maximum Gasteiger partial charge on any atom is 0.422 e. The molecule has 7 N–H and O–H groups in total. The highest BCUT2D eigenvalue weighted by molar-refractivity contribution is 7.92. The molecule has 12 aromatic rings. The number of nitrogens with two attached hydrogens (primary N) is 1. The Kier molecular flexibility index (Phi) is 21.5. The van der Waals surface area contributed by atoms with Crippen LogP contribution in [0.5, 0.6) is 17.2 Å². The molecule has 0 fully saturated rings. The monoisotopic (exact) mass is 1410 g/mol. The standard InChI is InChI=1S/C26H23F3N2O2.C24H20F3N3O3S.C23H18F3N3O3S/c1-25(2,32)21-6-4-3-5-20(21)18-10-13-22-23(15-18)31-24(30-22)14-9-17-7-11-19(12-8-17)33-16-26(27,28)29;1-34(31,32)30-20-5-3-2-4-19(20)17-9-12-21-22(14-17)29-23(28-21)13-8-16-6-10-18(11-7-16)33-15-24(25,26)27;24-23(25,26)14-32-17-9-5-15(6-10-17)7-12-22-28-19-11-8-16(13-20(19)29-22)18-3-1-2-4-21(18)33(27,30)31/h3-15,32H,16H2,1-2H3,(H,30,31);2-14,30H,15H2,1H3,(H,28,29);1-13H,14H2,(H,28,29)(H2,27,30,31)/b14-9+;13-8+;12-7+. The Morgan fingerprint density at radius 2 is 0.770 bits per heavy atom. The maximum atomic E-state index is 12.3. The number of imidazole rings is 3. The van der Waals surface area contributed by atoms with Crippen LogP contribution < -0.4 is 24.1 Å². The number of H-pyrrole nitrogens is 3. The Bertz CT molecular complexity index is 5180. The number of benzene rings is 9. The van der Waals surface area contributed by atoms with E-state index in [0.29, 0.717) is 45.3 Å². The van der Waals surface area contributed by atoms with Crippen LogP contribution >= 0.6 is 0 Å². The van der Waals surface area contributed by atoms with Gasteiger partial charge in [0, 0.05) is 11.1 Å². The number of aromatic amines is 3. The molecule has 0 unspecified atom stereocenters. The van der Waals surface area contributed by atoms with E-state index in [0.717, 1.165) is 72.8 Å². The third kappa shape index (κ3) is 20.5. The summed E-state index contributed by atoms with van der Waals surface area (Å²) in [5.74, 6) is 2.21. The van der Waals surface area contributed by atoms with Crippen molar-refractivity contribution in [1.29, 1.82) is 0 Å². The van der Waals surface area contributed by atoms with Crippen LogP contribution in [0.25, 0.3) is 103 Å². The van der Waals surface area contributed by atoms with Gasteiger partial charge in [0.05, 0.1) is 55.5 Å². The molecule has 0 radical (unpaired) electrons. The van der Waals surface area contributed by atoms with Crippen LogP contribution in [0.2, 0.25) is 0 Å². The molecule has 0 spiro atoms. The Hall–Kier alpha value is -11.0. The van der Waals surface area contributed by atoms with E-state index in [1.807, 2.05) is 78.9 Å². The number of fused-ring (bicyclic) bond motifs is 3. The van der Waals surface area contributed by atoms with E-state index in [2.05, 4.69) is 34.6 Å². The fraction of sp³-hybridized carbons (Fsp3) is 0.137. The number of hydrogen-bond acceptors (Lipinski definition) is 11. The number of aromatic nitrogens is 6. The van der Waals surface area contributed by atoms with Gasteiger partial charge < -0.3 is 34.3 Å². The van der Waals surface area contributed by atoms with Crippen LogP contribution in [0.4, 0.5) is 45.2 Å². The fourth-order valence-electron chi connectivity index (χ4n) is 10.1. The molecule has 0 aliphatic rings. The largest absolute Gasteiger partial charge is 0.484 e. The SMILES string of the molecule is CC(C)(O)c1ccccc1-c1ccc2nc(/C=C/c3ccc(OCC(F)(F)F)cc3)[nH]c2c1.CS(=O)(=O)Nc1ccccc1-c1ccc2nc(/C=C/c3ccc(OCC(F)(F)F)cc3)[nH]c2c1.NS(=O)(=O)c1ccccc1-c1ccc2nc(/C=C/c3ccc(OCC(F)(F)F)cc3)[nH]c2c1. The molecule has 0 bridgehead atoms. The van der Waals surface area contributed by atoms with Crippen LogP contribution in [0.3, 0.4) is 0 Å². The zero-order valence-electron chi connectivity index (χ0n) is 53.1. The summed E-state index contributed by atoms with van der Waals surface area (Å²) in [4.78, 5) is 23.2. The van der Waals surface area contributed by atoms with E-state index >= 15 is 0 Å². The Labute approximate surface area is 567 Å². The smallest absolute Gasteiger partial charge is 0.422 e. The van der Waals surface area contributed by atoms with Crippen LogP contribution in [0.1, 0.15) is 53.6 Å². The molecule has 0 aliphatic carbocycles. The zero-order chi connectivity index (χ0) is 71.6. The third-order valence-corrected chi connectivity index (χ3v) is 16.1. The van der Waals surface area contributed by atoms with Crippen molar-refractivity contribution < 1.29 is 75.7 Å². The molecular formula is C73H61F9N8O8S2. The quantitative estimate of drug-likeness (QED) is 0.0416. The number of halogens is 9. The lowest BCUT2D eigenvalue weighted by Crippen LogP contribution is -2.19. The number of anilines is 1. The highest BCUT2D eigenvalue weighted by atomic mass is 32.2. The van der Waals surface area contributed by atoms with Gasteiger partial charge in [0.15, 0.2) is 19.8 Å². The second-order valence-corrected chi connectivity index (χ2v) is 26.3. The fourth-order valence-corrected chi connectivity index (χ4v) is 11.5. The molecule has 3 aromatic heterocycles. The van der Waals surface area contributed by atoms with E-state index in [1.165, 1.54) is 42.5 Å². The molecule has 516 valence electrons. The molecule has 16 nitrogen and oxygen atoms in total. The first-order valence-electron chi connectivity index (χ1n) is 30.2. The number of nitrogens with one attached hydrogen (secondary N) is 4.